The first-order valence-electron chi connectivity index (χ1n) is 6.44. The van der Waals surface area contributed by atoms with Gasteiger partial charge in [-0.25, -0.2) is 0 Å². The molecule has 0 aliphatic heterocycles. The van der Waals surface area contributed by atoms with Crippen LogP contribution in [0.25, 0.3) is 0 Å². The molecule has 0 heterocycles. The normalized spacial score (nSPS) is 12.4. The molecule has 0 rings (SSSR count). The second kappa shape index (κ2) is 10.9. The summed E-state index contributed by atoms with van der Waals surface area (Å²) in [6.07, 6.45) is 4.82. The molecule has 96 valence electrons. The molecular weight excluding hydrogens is 204 g/mol. The molecule has 0 aromatic rings. The third-order valence-electron chi connectivity index (χ3n) is 2.57. The van der Waals surface area contributed by atoms with Crippen LogP contribution >= 0.6 is 0 Å². The molecule has 0 radical (unpaired) electrons. The van der Waals surface area contributed by atoms with E-state index in [1.54, 1.807) is 0 Å². The van der Waals surface area contributed by atoms with E-state index in [0.717, 1.165) is 32.3 Å². The first-order valence-corrected chi connectivity index (χ1v) is 6.44. The maximum Gasteiger partial charge on any atom is 0.305 e. The van der Waals surface area contributed by atoms with Crippen molar-refractivity contribution >= 4 is 5.97 Å². The SMILES string of the molecule is CCCCCC(=O)OCCOCC(C)CC. The third-order valence-corrected chi connectivity index (χ3v) is 2.57. The highest BCUT2D eigenvalue weighted by Gasteiger charge is 2.02. The lowest BCUT2D eigenvalue weighted by molar-refractivity contribution is -0.145. The highest BCUT2D eigenvalue weighted by molar-refractivity contribution is 5.69. The summed E-state index contributed by atoms with van der Waals surface area (Å²) in [6.45, 7) is 8.07. The summed E-state index contributed by atoms with van der Waals surface area (Å²) in [5.41, 5.74) is 0. The monoisotopic (exact) mass is 230 g/mol. The van der Waals surface area contributed by atoms with Crippen molar-refractivity contribution in [2.24, 2.45) is 5.92 Å². The van der Waals surface area contributed by atoms with Gasteiger partial charge in [0.2, 0.25) is 0 Å². The number of hydrogen-bond acceptors (Lipinski definition) is 3. The minimum absolute atomic E-state index is 0.0967. The quantitative estimate of drug-likeness (QED) is 0.427. The fourth-order valence-corrected chi connectivity index (χ4v) is 1.21. The molecule has 1 atom stereocenters. The fraction of sp³-hybridized carbons (Fsp3) is 0.923. The molecule has 0 aromatic carbocycles. The number of carbonyl (C=O) groups excluding carboxylic acids is 1. The van der Waals surface area contributed by atoms with Gasteiger partial charge in [-0.2, -0.15) is 0 Å². The molecule has 3 nitrogen and oxygen atoms in total. The van der Waals surface area contributed by atoms with Crippen LogP contribution in [0.2, 0.25) is 0 Å². The van der Waals surface area contributed by atoms with E-state index in [9.17, 15) is 4.79 Å². The third kappa shape index (κ3) is 9.97. The maximum absolute atomic E-state index is 11.2. The van der Waals surface area contributed by atoms with Crippen molar-refractivity contribution in [1.82, 2.24) is 0 Å². The Bertz CT molecular complexity index is 169. The van der Waals surface area contributed by atoms with E-state index < -0.39 is 0 Å². The van der Waals surface area contributed by atoms with Crippen molar-refractivity contribution in [2.45, 2.75) is 52.9 Å². The number of rotatable bonds is 10. The number of carbonyl (C=O) groups is 1. The van der Waals surface area contributed by atoms with Crippen LogP contribution in [-0.2, 0) is 14.3 Å². The Morgan fingerprint density at radius 2 is 1.94 bits per heavy atom. The lowest BCUT2D eigenvalue weighted by Crippen LogP contribution is -2.13. The summed E-state index contributed by atoms with van der Waals surface area (Å²) in [6, 6.07) is 0. The Hall–Kier alpha value is -0.570. The van der Waals surface area contributed by atoms with Crippen molar-refractivity contribution in [3.63, 3.8) is 0 Å². The van der Waals surface area contributed by atoms with E-state index in [4.69, 9.17) is 9.47 Å². The average molecular weight is 230 g/mol. The molecular formula is C13H26O3. The minimum atomic E-state index is -0.0967. The average Bonchev–Trinajstić information content (AvgIpc) is 2.28. The Kier molecular flexibility index (Phi) is 10.5. The summed E-state index contributed by atoms with van der Waals surface area (Å²) in [5, 5.41) is 0. The first-order chi connectivity index (χ1) is 7.70. The zero-order chi connectivity index (χ0) is 12.2. The van der Waals surface area contributed by atoms with Gasteiger partial charge in [0.1, 0.15) is 6.61 Å². The van der Waals surface area contributed by atoms with Crippen molar-refractivity contribution in [3.8, 4) is 0 Å². The predicted molar refractivity (Wildman–Crippen MR) is 65.4 cm³/mol. The molecule has 0 fully saturated rings. The lowest BCUT2D eigenvalue weighted by Gasteiger charge is -2.09. The largest absolute Gasteiger partial charge is 0.463 e. The number of unbranched alkanes of at least 4 members (excludes halogenated alkanes) is 2. The van der Waals surface area contributed by atoms with Gasteiger partial charge in [-0.1, -0.05) is 40.0 Å². The minimum Gasteiger partial charge on any atom is -0.463 e. The molecule has 0 aliphatic rings. The molecule has 0 saturated carbocycles. The molecule has 3 heteroatoms. The summed E-state index contributed by atoms with van der Waals surface area (Å²) in [5.74, 6) is 0.487. The molecule has 0 spiro atoms. The van der Waals surface area contributed by atoms with Gasteiger partial charge in [0.05, 0.1) is 6.61 Å². The summed E-state index contributed by atoms with van der Waals surface area (Å²) in [7, 11) is 0. The topological polar surface area (TPSA) is 35.5 Å². The van der Waals surface area contributed by atoms with Gasteiger partial charge in [0.15, 0.2) is 0 Å². The second-order valence-corrected chi connectivity index (χ2v) is 4.27. The van der Waals surface area contributed by atoms with Crippen LogP contribution in [0.3, 0.4) is 0 Å². The highest BCUT2D eigenvalue weighted by Crippen LogP contribution is 2.01. The van der Waals surface area contributed by atoms with Crippen molar-refractivity contribution < 1.29 is 14.3 Å². The Morgan fingerprint density at radius 1 is 1.19 bits per heavy atom. The van der Waals surface area contributed by atoms with E-state index in [1.165, 1.54) is 0 Å². The van der Waals surface area contributed by atoms with Gasteiger partial charge >= 0.3 is 5.97 Å². The molecule has 0 aromatic heterocycles. The number of ether oxygens (including phenoxy) is 2. The van der Waals surface area contributed by atoms with Crippen LogP contribution in [0.1, 0.15) is 52.9 Å². The molecule has 0 aliphatic carbocycles. The molecule has 16 heavy (non-hydrogen) atoms. The number of esters is 1. The molecule has 0 saturated heterocycles. The Morgan fingerprint density at radius 3 is 2.56 bits per heavy atom. The van der Waals surface area contributed by atoms with E-state index in [0.29, 0.717) is 25.6 Å². The van der Waals surface area contributed by atoms with Crippen LogP contribution in [-0.4, -0.2) is 25.8 Å². The molecule has 0 bridgehead atoms. The van der Waals surface area contributed by atoms with Crippen LogP contribution in [0, 0.1) is 5.92 Å². The predicted octanol–water partition coefficient (Wildman–Crippen LogP) is 3.17. The zero-order valence-electron chi connectivity index (χ0n) is 11.0. The fourth-order valence-electron chi connectivity index (χ4n) is 1.21. The Labute approximate surface area is 99.5 Å². The van der Waals surface area contributed by atoms with Crippen molar-refractivity contribution in [3.05, 3.63) is 0 Å². The highest BCUT2D eigenvalue weighted by atomic mass is 16.6. The van der Waals surface area contributed by atoms with Gasteiger partial charge in [-0.05, 0) is 12.3 Å². The first kappa shape index (κ1) is 15.4. The van der Waals surface area contributed by atoms with E-state index in [2.05, 4.69) is 20.8 Å². The van der Waals surface area contributed by atoms with Gasteiger partial charge < -0.3 is 9.47 Å². The van der Waals surface area contributed by atoms with Crippen LogP contribution in [0.5, 0.6) is 0 Å². The van der Waals surface area contributed by atoms with E-state index in [1.807, 2.05) is 0 Å². The summed E-state index contributed by atoms with van der Waals surface area (Å²) < 4.78 is 10.4. The Balaban J connectivity index is 3.21. The molecule has 1 unspecified atom stereocenters. The summed E-state index contributed by atoms with van der Waals surface area (Å²) in [4.78, 5) is 11.2. The standard InChI is InChI=1S/C13H26O3/c1-4-6-7-8-13(14)16-10-9-15-11-12(3)5-2/h12H,4-11H2,1-3H3. The number of hydrogen-bond donors (Lipinski definition) is 0. The molecule has 0 N–H and O–H groups in total. The van der Waals surface area contributed by atoms with Gasteiger partial charge in [-0.3, -0.25) is 4.79 Å². The maximum atomic E-state index is 11.2. The van der Waals surface area contributed by atoms with Gasteiger partial charge in [-0.15, -0.1) is 0 Å². The van der Waals surface area contributed by atoms with Crippen molar-refractivity contribution in [2.75, 3.05) is 19.8 Å². The van der Waals surface area contributed by atoms with E-state index in [-0.39, 0.29) is 5.97 Å². The van der Waals surface area contributed by atoms with Crippen LogP contribution < -0.4 is 0 Å². The van der Waals surface area contributed by atoms with Crippen molar-refractivity contribution in [1.29, 1.82) is 0 Å². The second-order valence-electron chi connectivity index (χ2n) is 4.27. The van der Waals surface area contributed by atoms with Crippen LogP contribution in [0.15, 0.2) is 0 Å². The van der Waals surface area contributed by atoms with E-state index >= 15 is 0 Å². The lowest BCUT2D eigenvalue weighted by atomic mass is 10.1. The van der Waals surface area contributed by atoms with Crippen LogP contribution in [0.4, 0.5) is 0 Å². The van der Waals surface area contributed by atoms with Gasteiger partial charge in [0.25, 0.3) is 0 Å². The summed E-state index contributed by atoms with van der Waals surface area (Å²) >= 11 is 0. The van der Waals surface area contributed by atoms with Gasteiger partial charge in [0, 0.05) is 13.0 Å². The molecule has 0 amide bonds. The smallest absolute Gasteiger partial charge is 0.305 e. The zero-order valence-corrected chi connectivity index (χ0v) is 11.0.